The van der Waals surface area contributed by atoms with Gasteiger partial charge in [0, 0.05) is 28.1 Å². The molecule has 4 aromatic rings. The van der Waals surface area contributed by atoms with Crippen molar-refractivity contribution in [3.63, 3.8) is 0 Å². The third kappa shape index (κ3) is 5.12. The molecular weight excluding hydrogens is 454 g/mol. The SMILES string of the molecule is COc1ccc(OC)c2sc(N(Cc3cccnc3)C(=O)c3ccc(SC(C)C)cc3)nc12. The maximum Gasteiger partial charge on any atom is 0.260 e. The van der Waals surface area contributed by atoms with E-state index in [2.05, 4.69) is 18.8 Å². The zero-order valence-electron chi connectivity index (χ0n) is 18.9. The van der Waals surface area contributed by atoms with Crippen molar-refractivity contribution >= 4 is 44.4 Å². The maximum absolute atomic E-state index is 13.7. The number of ether oxygens (including phenoxy) is 2. The average molecular weight is 480 g/mol. The van der Waals surface area contributed by atoms with E-state index in [1.165, 1.54) is 11.3 Å². The summed E-state index contributed by atoms with van der Waals surface area (Å²) < 4.78 is 11.9. The van der Waals surface area contributed by atoms with Crippen LogP contribution in [0, 0.1) is 0 Å². The molecule has 0 spiro atoms. The Kier molecular flexibility index (Phi) is 7.15. The quantitative estimate of drug-likeness (QED) is 0.286. The predicted molar refractivity (Wildman–Crippen MR) is 135 cm³/mol. The van der Waals surface area contributed by atoms with Crippen molar-refractivity contribution in [1.82, 2.24) is 9.97 Å². The van der Waals surface area contributed by atoms with Crippen molar-refractivity contribution in [2.24, 2.45) is 0 Å². The van der Waals surface area contributed by atoms with Crippen LogP contribution in [0.3, 0.4) is 0 Å². The summed E-state index contributed by atoms with van der Waals surface area (Å²) in [6, 6.07) is 15.2. The number of benzene rings is 2. The Morgan fingerprint density at radius 3 is 2.42 bits per heavy atom. The van der Waals surface area contributed by atoms with E-state index in [-0.39, 0.29) is 5.91 Å². The number of pyridine rings is 1. The summed E-state index contributed by atoms with van der Waals surface area (Å²) in [5.41, 5.74) is 2.19. The number of hydrogen-bond acceptors (Lipinski definition) is 7. The Labute approximate surface area is 201 Å². The molecule has 6 nitrogen and oxygen atoms in total. The lowest BCUT2D eigenvalue weighted by Gasteiger charge is -2.20. The van der Waals surface area contributed by atoms with E-state index in [1.807, 2.05) is 48.5 Å². The van der Waals surface area contributed by atoms with E-state index in [0.29, 0.717) is 39.5 Å². The van der Waals surface area contributed by atoms with E-state index >= 15 is 0 Å². The van der Waals surface area contributed by atoms with Gasteiger partial charge in [0.1, 0.15) is 21.7 Å². The normalized spacial score (nSPS) is 11.1. The molecule has 0 aliphatic carbocycles. The van der Waals surface area contributed by atoms with Gasteiger partial charge in [-0.2, -0.15) is 0 Å². The van der Waals surface area contributed by atoms with Crippen molar-refractivity contribution in [1.29, 1.82) is 0 Å². The molecule has 2 aromatic heterocycles. The highest BCUT2D eigenvalue weighted by Crippen LogP contribution is 2.40. The van der Waals surface area contributed by atoms with E-state index in [0.717, 1.165) is 15.2 Å². The fourth-order valence-corrected chi connectivity index (χ4v) is 5.30. The smallest absolute Gasteiger partial charge is 0.260 e. The van der Waals surface area contributed by atoms with Gasteiger partial charge in [-0.25, -0.2) is 4.98 Å². The van der Waals surface area contributed by atoms with Gasteiger partial charge in [0.05, 0.1) is 20.8 Å². The molecule has 2 aromatic carbocycles. The molecule has 8 heteroatoms. The topological polar surface area (TPSA) is 64.6 Å². The fraction of sp³-hybridized carbons (Fsp3) is 0.240. The van der Waals surface area contributed by atoms with Crippen molar-refractivity contribution in [2.45, 2.75) is 30.5 Å². The Hall–Kier alpha value is -3.10. The minimum absolute atomic E-state index is 0.128. The first kappa shape index (κ1) is 23.1. The number of amides is 1. The summed E-state index contributed by atoms with van der Waals surface area (Å²) in [7, 11) is 3.23. The zero-order valence-corrected chi connectivity index (χ0v) is 20.6. The summed E-state index contributed by atoms with van der Waals surface area (Å²) in [5.74, 6) is 1.20. The first-order valence-corrected chi connectivity index (χ1v) is 12.2. The van der Waals surface area contributed by atoms with Gasteiger partial charge in [0.25, 0.3) is 5.91 Å². The second kappa shape index (κ2) is 10.2. The maximum atomic E-state index is 13.7. The highest BCUT2D eigenvalue weighted by molar-refractivity contribution is 7.99. The van der Waals surface area contributed by atoms with Gasteiger partial charge in [-0.05, 0) is 48.0 Å². The fourth-order valence-electron chi connectivity index (χ4n) is 3.39. The highest BCUT2D eigenvalue weighted by Gasteiger charge is 2.24. The minimum atomic E-state index is -0.128. The Morgan fingerprint density at radius 2 is 1.79 bits per heavy atom. The highest BCUT2D eigenvalue weighted by atomic mass is 32.2. The number of methoxy groups -OCH3 is 2. The molecule has 2 heterocycles. The van der Waals surface area contributed by atoms with Crippen LogP contribution >= 0.6 is 23.1 Å². The lowest BCUT2D eigenvalue weighted by Crippen LogP contribution is -2.30. The third-order valence-corrected chi connectivity index (χ3v) is 7.02. The molecule has 0 N–H and O–H groups in total. The molecule has 0 unspecified atom stereocenters. The molecule has 0 saturated heterocycles. The predicted octanol–water partition coefficient (Wildman–Crippen LogP) is 6.06. The van der Waals surface area contributed by atoms with E-state index in [1.54, 1.807) is 43.3 Å². The monoisotopic (exact) mass is 479 g/mol. The van der Waals surface area contributed by atoms with Crippen LogP contribution in [0.15, 0.2) is 65.8 Å². The van der Waals surface area contributed by atoms with Gasteiger partial charge in [-0.15, -0.1) is 11.8 Å². The van der Waals surface area contributed by atoms with Gasteiger partial charge in [-0.1, -0.05) is 31.3 Å². The van der Waals surface area contributed by atoms with Crippen LogP contribution in [0.2, 0.25) is 0 Å². The molecular formula is C25H25N3O3S2. The summed E-state index contributed by atoms with van der Waals surface area (Å²) in [4.78, 5) is 25.5. The second-order valence-corrected chi connectivity index (χ2v) is 10.2. The first-order chi connectivity index (χ1) is 16.0. The Balaban J connectivity index is 1.76. The van der Waals surface area contributed by atoms with Gasteiger partial charge < -0.3 is 9.47 Å². The van der Waals surface area contributed by atoms with Crippen molar-refractivity contribution in [3.8, 4) is 11.5 Å². The lowest BCUT2D eigenvalue weighted by molar-refractivity contribution is 0.0985. The Bertz CT molecular complexity index is 1200. The molecule has 1 amide bonds. The van der Waals surface area contributed by atoms with Gasteiger partial charge in [0.15, 0.2) is 5.13 Å². The number of aromatic nitrogens is 2. The molecule has 0 atom stereocenters. The molecule has 0 aliphatic heterocycles. The number of rotatable bonds is 8. The molecule has 0 fully saturated rings. The molecule has 0 radical (unpaired) electrons. The molecule has 0 saturated carbocycles. The van der Waals surface area contributed by atoms with Crippen molar-refractivity contribution in [2.75, 3.05) is 19.1 Å². The van der Waals surface area contributed by atoms with Crippen LogP contribution in [0.1, 0.15) is 29.8 Å². The van der Waals surface area contributed by atoms with Crippen LogP contribution in [0.25, 0.3) is 10.2 Å². The lowest BCUT2D eigenvalue weighted by atomic mass is 10.2. The Morgan fingerprint density at radius 1 is 1.06 bits per heavy atom. The average Bonchev–Trinajstić information content (AvgIpc) is 3.27. The summed E-state index contributed by atoms with van der Waals surface area (Å²) in [6.07, 6.45) is 3.48. The van der Waals surface area contributed by atoms with Gasteiger partial charge >= 0.3 is 0 Å². The summed E-state index contributed by atoms with van der Waals surface area (Å²) in [5, 5.41) is 1.05. The molecule has 0 bridgehead atoms. The first-order valence-electron chi connectivity index (χ1n) is 10.5. The number of anilines is 1. The van der Waals surface area contributed by atoms with Crippen LogP contribution in [-0.4, -0.2) is 35.3 Å². The minimum Gasteiger partial charge on any atom is -0.495 e. The molecule has 33 heavy (non-hydrogen) atoms. The molecule has 4 rings (SSSR count). The van der Waals surface area contributed by atoms with E-state index in [4.69, 9.17) is 14.5 Å². The number of fused-ring (bicyclic) bond motifs is 1. The number of thioether (sulfide) groups is 1. The van der Waals surface area contributed by atoms with Gasteiger partial charge in [-0.3, -0.25) is 14.7 Å². The van der Waals surface area contributed by atoms with Crippen LogP contribution in [-0.2, 0) is 6.54 Å². The molecule has 170 valence electrons. The number of thiazole rings is 1. The standard InChI is InChI=1S/C25H25N3O3S2/c1-16(2)32-19-9-7-18(8-10-19)24(29)28(15-17-6-5-13-26-14-17)25-27-22-20(30-3)11-12-21(31-4)23(22)33-25/h5-14,16H,15H2,1-4H3. The van der Waals surface area contributed by atoms with Gasteiger partial charge in [0.2, 0.25) is 0 Å². The van der Waals surface area contributed by atoms with E-state index in [9.17, 15) is 4.79 Å². The van der Waals surface area contributed by atoms with Crippen molar-refractivity contribution in [3.05, 3.63) is 72.1 Å². The largest absolute Gasteiger partial charge is 0.495 e. The number of carbonyl (C=O) groups is 1. The zero-order chi connectivity index (χ0) is 23.4. The van der Waals surface area contributed by atoms with Crippen molar-refractivity contribution < 1.29 is 14.3 Å². The number of nitrogens with zero attached hydrogens (tertiary/aromatic N) is 3. The third-order valence-electron chi connectivity index (χ3n) is 4.91. The number of carbonyl (C=O) groups excluding carboxylic acids is 1. The van der Waals surface area contributed by atoms with Crippen LogP contribution < -0.4 is 14.4 Å². The van der Waals surface area contributed by atoms with Crippen LogP contribution in [0.4, 0.5) is 5.13 Å². The summed E-state index contributed by atoms with van der Waals surface area (Å²) >= 11 is 3.17. The summed E-state index contributed by atoms with van der Waals surface area (Å²) in [6.45, 7) is 4.64. The number of hydrogen-bond donors (Lipinski definition) is 0. The molecule has 0 aliphatic rings. The van der Waals surface area contributed by atoms with E-state index < -0.39 is 0 Å². The van der Waals surface area contributed by atoms with Crippen LogP contribution in [0.5, 0.6) is 11.5 Å². The second-order valence-electron chi connectivity index (χ2n) is 7.59.